The third-order valence-corrected chi connectivity index (χ3v) is 3.60. The number of Topliss-reactive ketones (excluding diaryl/α,β-unsaturated/α-hetero) is 1. The first kappa shape index (κ1) is 13.6. The first-order valence-corrected chi connectivity index (χ1v) is 7.23. The first-order chi connectivity index (χ1) is 7.84. The molecule has 0 fully saturated rings. The second kappa shape index (κ2) is 5.27. The number of ketones is 1. The van der Waals surface area contributed by atoms with Crippen LogP contribution in [0.25, 0.3) is 0 Å². The van der Waals surface area contributed by atoms with E-state index in [1.54, 1.807) is 12.1 Å². The van der Waals surface area contributed by atoms with Crippen LogP contribution in [0.5, 0.6) is 0 Å². The summed E-state index contributed by atoms with van der Waals surface area (Å²) in [4.78, 5) is 12.0. The second-order valence-electron chi connectivity index (χ2n) is 4.00. The van der Waals surface area contributed by atoms with E-state index in [0.717, 1.165) is 18.2 Å². The van der Waals surface area contributed by atoms with E-state index in [9.17, 15) is 13.2 Å². The largest absolute Gasteiger partial charge is 0.294 e. The summed E-state index contributed by atoms with van der Waals surface area (Å²) in [6.45, 7) is 5.70. The fourth-order valence-corrected chi connectivity index (χ4v) is 2.02. The maximum atomic E-state index is 11.8. The van der Waals surface area contributed by atoms with Crippen LogP contribution in [0.3, 0.4) is 0 Å². The second-order valence-corrected chi connectivity index (χ2v) is 6.02. The van der Waals surface area contributed by atoms with Gasteiger partial charge in [0.2, 0.25) is 0 Å². The highest BCUT2D eigenvalue weighted by atomic mass is 32.2. The summed E-state index contributed by atoms with van der Waals surface area (Å²) in [7, 11) is -3.27. The lowest BCUT2D eigenvalue weighted by molar-refractivity contribution is 0.0992. The van der Waals surface area contributed by atoms with E-state index in [-0.39, 0.29) is 17.1 Å². The number of benzene rings is 1. The van der Waals surface area contributed by atoms with E-state index in [2.05, 4.69) is 6.58 Å². The van der Waals surface area contributed by atoms with Gasteiger partial charge in [0.25, 0.3) is 0 Å². The minimum Gasteiger partial charge on any atom is -0.294 e. The lowest BCUT2D eigenvalue weighted by Crippen LogP contribution is -2.03. The van der Waals surface area contributed by atoms with Crippen LogP contribution >= 0.6 is 0 Å². The van der Waals surface area contributed by atoms with Crippen LogP contribution in [-0.2, 0) is 9.84 Å². The SMILES string of the molecule is C=C(CC)CC(=O)c1cccc(S(C)(=O)=O)c1. The molecular weight excluding hydrogens is 236 g/mol. The van der Waals surface area contributed by atoms with E-state index in [4.69, 9.17) is 0 Å². The number of carbonyl (C=O) groups excluding carboxylic acids is 1. The first-order valence-electron chi connectivity index (χ1n) is 5.34. The van der Waals surface area contributed by atoms with Crippen molar-refractivity contribution in [1.82, 2.24) is 0 Å². The number of allylic oxidation sites excluding steroid dienone is 1. The zero-order chi connectivity index (χ0) is 13.1. The minimum absolute atomic E-state index is 0.0950. The molecule has 4 heteroatoms. The molecule has 0 aliphatic carbocycles. The Kier molecular flexibility index (Phi) is 4.23. The topological polar surface area (TPSA) is 51.2 Å². The van der Waals surface area contributed by atoms with Crippen molar-refractivity contribution in [3.63, 3.8) is 0 Å². The minimum atomic E-state index is -3.27. The molecule has 0 atom stereocenters. The molecule has 1 aromatic rings. The Bertz CT molecular complexity index is 542. The summed E-state index contributed by atoms with van der Waals surface area (Å²) in [6.07, 6.45) is 2.14. The Morgan fingerprint density at radius 1 is 1.35 bits per heavy atom. The fourth-order valence-electron chi connectivity index (χ4n) is 1.35. The molecule has 0 aliphatic rings. The normalized spacial score (nSPS) is 11.2. The van der Waals surface area contributed by atoms with Crippen molar-refractivity contribution in [1.29, 1.82) is 0 Å². The van der Waals surface area contributed by atoms with Gasteiger partial charge in [-0.1, -0.05) is 31.2 Å². The smallest absolute Gasteiger partial charge is 0.175 e. The van der Waals surface area contributed by atoms with Gasteiger partial charge in [0.15, 0.2) is 15.6 Å². The molecule has 0 saturated carbocycles. The van der Waals surface area contributed by atoms with E-state index < -0.39 is 9.84 Å². The predicted octanol–water partition coefficient (Wildman–Crippen LogP) is 2.63. The van der Waals surface area contributed by atoms with Gasteiger partial charge >= 0.3 is 0 Å². The lowest BCUT2D eigenvalue weighted by atomic mass is 10.0. The summed E-state index contributed by atoms with van der Waals surface area (Å²) < 4.78 is 22.7. The molecule has 0 saturated heterocycles. The number of hydrogen-bond donors (Lipinski definition) is 0. The van der Waals surface area contributed by atoms with Crippen LogP contribution in [0.4, 0.5) is 0 Å². The Hall–Kier alpha value is -1.42. The highest BCUT2D eigenvalue weighted by molar-refractivity contribution is 7.90. The number of carbonyl (C=O) groups is 1. The number of hydrogen-bond acceptors (Lipinski definition) is 3. The van der Waals surface area contributed by atoms with Gasteiger partial charge in [-0.05, 0) is 18.6 Å². The maximum absolute atomic E-state index is 11.8. The van der Waals surface area contributed by atoms with Gasteiger partial charge in [-0.25, -0.2) is 8.42 Å². The average molecular weight is 252 g/mol. The van der Waals surface area contributed by atoms with Crippen molar-refractivity contribution < 1.29 is 13.2 Å². The molecule has 1 rings (SSSR count). The molecule has 0 spiro atoms. The van der Waals surface area contributed by atoms with Crippen molar-refractivity contribution in [3.05, 3.63) is 42.0 Å². The van der Waals surface area contributed by atoms with Gasteiger partial charge in [0.05, 0.1) is 4.90 Å². The molecule has 0 unspecified atom stereocenters. The van der Waals surface area contributed by atoms with Crippen LogP contribution in [0, 0.1) is 0 Å². The number of sulfone groups is 1. The predicted molar refractivity (Wildman–Crippen MR) is 67.9 cm³/mol. The maximum Gasteiger partial charge on any atom is 0.175 e. The van der Waals surface area contributed by atoms with Gasteiger partial charge < -0.3 is 0 Å². The van der Waals surface area contributed by atoms with E-state index in [0.29, 0.717) is 5.56 Å². The zero-order valence-corrected chi connectivity index (χ0v) is 10.9. The van der Waals surface area contributed by atoms with Crippen LogP contribution in [-0.4, -0.2) is 20.5 Å². The zero-order valence-electron chi connectivity index (χ0n) is 10.1. The highest BCUT2D eigenvalue weighted by Crippen LogP contribution is 2.15. The van der Waals surface area contributed by atoms with Crippen LogP contribution in [0.1, 0.15) is 30.1 Å². The Morgan fingerprint density at radius 2 is 2.00 bits per heavy atom. The van der Waals surface area contributed by atoms with Gasteiger partial charge in [-0.3, -0.25) is 4.79 Å². The lowest BCUT2D eigenvalue weighted by Gasteiger charge is -2.04. The summed E-state index contributed by atoms with van der Waals surface area (Å²) in [6, 6.07) is 6.11. The third-order valence-electron chi connectivity index (χ3n) is 2.49. The monoisotopic (exact) mass is 252 g/mol. The van der Waals surface area contributed by atoms with Crippen molar-refractivity contribution in [2.75, 3.05) is 6.26 Å². The number of rotatable bonds is 5. The van der Waals surface area contributed by atoms with Crippen LogP contribution in [0.2, 0.25) is 0 Å². The molecular formula is C13H16O3S. The molecule has 0 aliphatic heterocycles. The molecule has 0 aromatic heterocycles. The molecule has 0 bridgehead atoms. The quantitative estimate of drug-likeness (QED) is 0.598. The van der Waals surface area contributed by atoms with E-state index >= 15 is 0 Å². The van der Waals surface area contributed by atoms with Crippen molar-refractivity contribution in [3.8, 4) is 0 Å². The van der Waals surface area contributed by atoms with E-state index in [1.807, 2.05) is 6.92 Å². The molecule has 0 N–H and O–H groups in total. The molecule has 0 radical (unpaired) electrons. The van der Waals surface area contributed by atoms with Crippen molar-refractivity contribution >= 4 is 15.6 Å². The van der Waals surface area contributed by atoms with Crippen molar-refractivity contribution in [2.45, 2.75) is 24.7 Å². The summed E-state index contributed by atoms with van der Waals surface area (Å²) in [5, 5.41) is 0. The summed E-state index contributed by atoms with van der Waals surface area (Å²) in [5.41, 5.74) is 1.27. The highest BCUT2D eigenvalue weighted by Gasteiger charge is 2.11. The molecule has 0 heterocycles. The van der Waals surface area contributed by atoms with E-state index in [1.165, 1.54) is 12.1 Å². The Labute approximate surface area is 102 Å². The average Bonchev–Trinajstić information content (AvgIpc) is 2.28. The standard InChI is InChI=1S/C13H16O3S/c1-4-10(2)8-13(14)11-6-5-7-12(9-11)17(3,15)16/h5-7,9H,2,4,8H2,1,3H3. The Balaban J connectivity index is 3.01. The van der Waals surface area contributed by atoms with Crippen LogP contribution < -0.4 is 0 Å². The fraction of sp³-hybridized carbons (Fsp3) is 0.308. The van der Waals surface area contributed by atoms with Gasteiger partial charge in [0.1, 0.15) is 0 Å². The summed E-state index contributed by atoms with van der Waals surface area (Å²) in [5.74, 6) is -0.0950. The van der Waals surface area contributed by atoms with Crippen LogP contribution in [0.15, 0.2) is 41.3 Å². The molecule has 17 heavy (non-hydrogen) atoms. The summed E-state index contributed by atoms with van der Waals surface area (Å²) >= 11 is 0. The third kappa shape index (κ3) is 3.82. The molecule has 0 amide bonds. The molecule has 3 nitrogen and oxygen atoms in total. The van der Waals surface area contributed by atoms with Crippen molar-refractivity contribution in [2.24, 2.45) is 0 Å². The molecule has 1 aromatic carbocycles. The molecule has 92 valence electrons. The van der Waals surface area contributed by atoms with Gasteiger partial charge in [-0.15, -0.1) is 0 Å². The van der Waals surface area contributed by atoms with Gasteiger partial charge in [-0.2, -0.15) is 0 Å². The van der Waals surface area contributed by atoms with Gasteiger partial charge in [0, 0.05) is 18.2 Å². The Morgan fingerprint density at radius 3 is 2.53 bits per heavy atom.